The van der Waals surface area contributed by atoms with Crippen LogP contribution in [0.5, 0.6) is 0 Å². The van der Waals surface area contributed by atoms with E-state index in [0.29, 0.717) is 18.8 Å². The fourth-order valence-corrected chi connectivity index (χ4v) is 2.80. The van der Waals surface area contributed by atoms with Crippen LogP contribution < -0.4 is 11.5 Å². The second-order valence-electron chi connectivity index (χ2n) is 6.79. The molecule has 1 aromatic carbocycles. The number of guanidine groups is 2. The lowest BCUT2D eigenvalue weighted by Gasteiger charge is -2.36. The molecule has 0 saturated carbocycles. The average molecular weight is 503 g/mol. The fraction of sp³-hybridized carbons (Fsp3) is 0.526. The van der Waals surface area contributed by atoms with Crippen molar-refractivity contribution in [1.29, 1.82) is 0 Å². The van der Waals surface area contributed by atoms with Crippen molar-refractivity contribution in [3.8, 4) is 0 Å². The van der Waals surface area contributed by atoms with Gasteiger partial charge in [0.25, 0.3) is 0 Å². The molecule has 2 rings (SSSR count). The number of hydroxylamine groups is 2. The van der Waals surface area contributed by atoms with Crippen molar-refractivity contribution in [1.82, 2.24) is 5.06 Å². The Balaban J connectivity index is 0.00000392. The summed E-state index contributed by atoms with van der Waals surface area (Å²) in [6.45, 7) is 6.43. The Kier molecular flexibility index (Phi) is 9.66. The van der Waals surface area contributed by atoms with Crippen molar-refractivity contribution in [2.75, 3.05) is 13.2 Å². The summed E-state index contributed by atoms with van der Waals surface area (Å²) in [5.74, 6) is 0.0938. The Morgan fingerprint density at radius 2 is 1.82 bits per heavy atom. The molecular weight excluding hydrogens is 473 g/mol. The van der Waals surface area contributed by atoms with Gasteiger partial charge in [-0.25, -0.2) is 9.79 Å². The molecule has 0 aliphatic carbocycles. The number of unbranched alkanes of at least 4 members (excludes halogenated alkanes) is 2. The Bertz CT molecular complexity index is 704. The lowest BCUT2D eigenvalue weighted by atomic mass is 10.1. The van der Waals surface area contributed by atoms with Crippen molar-refractivity contribution >= 4 is 41.9 Å². The third-order valence-electron chi connectivity index (χ3n) is 4.12. The summed E-state index contributed by atoms with van der Waals surface area (Å²) < 4.78 is 4.98. The zero-order valence-electron chi connectivity index (χ0n) is 16.7. The van der Waals surface area contributed by atoms with Gasteiger partial charge in [-0.3, -0.25) is 4.84 Å². The number of ether oxygens (including phenoxy) is 1. The van der Waals surface area contributed by atoms with E-state index < -0.39 is 5.66 Å². The van der Waals surface area contributed by atoms with Crippen LogP contribution in [0.3, 0.4) is 0 Å². The van der Waals surface area contributed by atoms with E-state index in [1.54, 1.807) is 6.92 Å². The van der Waals surface area contributed by atoms with Crippen LogP contribution in [0.1, 0.15) is 56.0 Å². The molecule has 0 unspecified atom stereocenters. The van der Waals surface area contributed by atoms with Gasteiger partial charge >= 0.3 is 5.97 Å². The second kappa shape index (κ2) is 11.2. The molecular formula is C19H30IN5O3. The molecule has 28 heavy (non-hydrogen) atoms. The minimum Gasteiger partial charge on any atom is -0.462 e. The number of hydrogen-bond donors (Lipinski definition) is 2. The molecule has 0 fully saturated rings. The number of hydrogen-bond acceptors (Lipinski definition) is 8. The van der Waals surface area contributed by atoms with Crippen LogP contribution in [0.15, 0.2) is 34.3 Å². The van der Waals surface area contributed by atoms with Crippen molar-refractivity contribution < 1.29 is 14.4 Å². The van der Waals surface area contributed by atoms with Crippen LogP contribution >= 0.6 is 24.0 Å². The molecule has 1 aliphatic rings. The highest BCUT2D eigenvalue weighted by atomic mass is 127. The van der Waals surface area contributed by atoms with E-state index in [1.807, 2.05) is 38.1 Å². The molecule has 9 heteroatoms. The molecule has 8 nitrogen and oxygen atoms in total. The number of esters is 1. The van der Waals surface area contributed by atoms with Gasteiger partial charge in [0.1, 0.15) is 0 Å². The van der Waals surface area contributed by atoms with E-state index in [-0.39, 0.29) is 41.9 Å². The lowest BCUT2D eigenvalue weighted by Crippen LogP contribution is -2.53. The monoisotopic (exact) mass is 503 g/mol. The second-order valence-corrected chi connectivity index (χ2v) is 6.79. The van der Waals surface area contributed by atoms with E-state index in [1.165, 1.54) is 10.6 Å². The Morgan fingerprint density at radius 3 is 2.43 bits per heavy atom. The first kappa shape index (κ1) is 24.2. The standard InChI is InChI=1S/C19H29N5O3.HI/c1-4-26-16(25)15-11-9-14(10-12-15)8-6-5-7-13-27-24-18(21)22-17(20)23-19(24,2)3;/h9-12H,4-8,13H2,1-3H3,(H4,20,21,22,23);1H. The van der Waals surface area contributed by atoms with Crippen LogP contribution in [0.2, 0.25) is 0 Å². The molecule has 0 aromatic heterocycles. The third-order valence-corrected chi connectivity index (χ3v) is 4.12. The van der Waals surface area contributed by atoms with Crippen LogP contribution in [0, 0.1) is 0 Å². The quantitative estimate of drug-likeness (QED) is 0.304. The highest BCUT2D eigenvalue weighted by molar-refractivity contribution is 14.0. The zero-order valence-corrected chi connectivity index (χ0v) is 19.0. The van der Waals surface area contributed by atoms with Gasteiger partial charge in [0.15, 0.2) is 5.66 Å². The molecule has 4 N–H and O–H groups in total. The average Bonchev–Trinajstić information content (AvgIpc) is 2.59. The third kappa shape index (κ3) is 6.93. The summed E-state index contributed by atoms with van der Waals surface area (Å²) in [5, 5.41) is 1.50. The summed E-state index contributed by atoms with van der Waals surface area (Å²) in [6.07, 6.45) is 3.87. The highest BCUT2D eigenvalue weighted by Gasteiger charge is 2.32. The summed E-state index contributed by atoms with van der Waals surface area (Å²) in [6, 6.07) is 7.56. The van der Waals surface area contributed by atoms with Crippen LogP contribution in [0.25, 0.3) is 0 Å². The predicted octanol–water partition coefficient (Wildman–Crippen LogP) is 2.81. The number of nitrogens with two attached hydrogens (primary N) is 2. The molecule has 0 spiro atoms. The molecule has 1 aliphatic heterocycles. The Hall–Kier alpha value is -1.88. The van der Waals surface area contributed by atoms with Crippen LogP contribution in [-0.2, 0) is 16.0 Å². The van der Waals surface area contributed by atoms with E-state index in [0.717, 1.165) is 25.7 Å². The topological polar surface area (TPSA) is 116 Å². The normalized spacial score (nSPS) is 15.3. The minimum absolute atomic E-state index is 0. The SMILES string of the molecule is CCOC(=O)c1ccc(CCCCCON2C(N)=NC(N)=NC2(C)C)cc1.I. The summed E-state index contributed by atoms with van der Waals surface area (Å²) >= 11 is 0. The number of nitrogens with zero attached hydrogens (tertiary/aromatic N) is 3. The fourth-order valence-electron chi connectivity index (χ4n) is 2.80. The summed E-state index contributed by atoms with van der Waals surface area (Å²) in [5.41, 5.74) is 12.6. The predicted molar refractivity (Wildman–Crippen MR) is 120 cm³/mol. The molecule has 0 amide bonds. The number of halogens is 1. The van der Waals surface area contributed by atoms with Gasteiger partial charge in [-0.2, -0.15) is 10.1 Å². The first-order valence-corrected chi connectivity index (χ1v) is 9.22. The highest BCUT2D eigenvalue weighted by Crippen LogP contribution is 2.20. The number of rotatable bonds is 9. The maximum absolute atomic E-state index is 11.6. The number of benzene rings is 1. The maximum atomic E-state index is 11.6. The first-order valence-electron chi connectivity index (χ1n) is 9.22. The van der Waals surface area contributed by atoms with Gasteiger partial charge in [-0.05, 0) is 57.7 Å². The van der Waals surface area contributed by atoms with E-state index >= 15 is 0 Å². The van der Waals surface area contributed by atoms with E-state index in [9.17, 15) is 4.79 Å². The van der Waals surface area contributed by atoms with Gasteiger partial charge in [0, 0.05) is 0 Å². The van der Waals surface area contributed by atoms with Gasteiger partial charge in [-0.1, -0.05) is 18.6 Å². The van der Waals surface area contributed by atoms with Crippen molar-refractivity contribution in [3.63, 3.8) is 0 Å². The smallest absolute Gasteiger partial charge is 0.338 e. The first-order chi connectivity index (χ1) is 12.8. The van der Waals surface area contributed by atoms with E-state index in [2.05, 4.69) is 9.98 Å². The van der Waals surface area contributed by atoms with Crippen molar-refractivity contribution in [2.45, 2.75) is 52.1 Å². The van der Waals surface area contributed by atoms with Crippen LogP contribution in [-0.4, -0.2) is 41.8 Å². The molecule has 0 radical (unpaired) electrons. The van der Waals surface area contributed by atoms with Gasteiger partial charge in [0.05, 0.1) is 18.8 Å². The Labute approximate surface area is 183 Å². The largest absolute Gasteiger partial charge is 0.462 e. The van der Waals surface area contributed by atoms with Crippen molar-refractivity contribution in [3.05, 3.63) is 35.4 Å². The number of aryl methyl sites for hydroxylation is 1. The molecule has 156 valence electrons. The minimum atomic E-state index is -0.670. The summed E-state index contributed by atoms with van der Waals surface area (Å²) in [4.78, 5) is 25.5. The zero-order chi connectivity index (χ0) is 19.9. The molecule has 0 atom stereocenters. The Morgan fingerprint density at radius 1 is 1.14 bits per heavy atom. The number of aliphatic imine (C=N–C) groups is 2. The number of carbonyl (C=O) groups excluding carboxylic acids is 1. The lowest BCUT2D eigenvalue weighted by molar-refractivity contribution is -0.157. The molecule has 0 bridgehead atoms. The van der Waals surface area contributed by atoms with Gasteiger partial charge in [-0.15, -0.1) is 24.0 Å². The number of carbonyl (C=O) groups is 1. The van der Waals surface area contributed by atoms with Gasteiger partial charge < -0.3 is 16.2 Å². The van der Waals surface area contributed by atoms with Crippen LogP contribution in [0.4, 0.5) is 0 Å². The maximum Gasteiger partial charge on any atom is 0.338 e. The molecule has 1 heterocycles. The van der Waals surface area contributed by atoms with Crippen molar-refractivity contribution in [2.24, 2.45) is 21.5 Å². The molecule has 1 aromatic rings. The summed E-state index contributed by atoms with van der Waals surface area (Å²) in [7, 11) is 0. The van der Waals surface area contributed by atoms with Gasteiger partial charge in [0.2, 0.25) is 11.9 Å². The van der Waals surface area contributed by atoms with E-state index in [4.69, 9.17) is 21.0 Å². The molecule has 0 saturated heterocycles.